The van der Waals surface area contributed by atoms with E-state index in [1.807, 2.05) is 0 Å². The first-order valence-corrected chi connectivity index (χ1v) is 5.85. The maximum absolute atomic E-state index is 4.72. The minimum absolute atomic E-state index is 0.327. The van der Waals surface area contributed by atoms with Crippen LogP contribution in [0.25, 0.3) is 0 Å². The molecule has 0 fully saturated rings. The summed E-state index contributed by atoms with van der Waals surface area (Å²) in [5.74, 6) is 0. The van der Waals surface area contributed by atoms with E-state index in [9.17, 15) is 0 Å². The third kappa shape index (κ3) is 5.08. The van der Waals surface area contributed by atoms with E-state index in [-0.39, 0.29) is 0 Å². The van der Waals surface area contributed by atoms with Crippen molar-refractivity contribution in [3.63, 3.8) is 0 Å². The predicted octanol–water partition coefficient (Wildman–Crippen LogP) is 4.45. The van der Waals surface area contributed by atoms with Crippen molar-refractivity contribution in [2.45, 2.75) is 70.5 Å². The highest BCUT2D eigenvalue weighted by Gasteiger charge is 2.19. The van der Waals surface area contributed by atoms with Crippen LogP contribution in [-0.4, -0.2) is 4.75 Å². The minimum atomic E-state index is 0.327. The molecule has 0 heterocycles. The van der Waals surface area contributed by atoms with Gasteiger partial charge in [0.25, 0.3) is 0 Å². The Morgan fingerprint density at radius 2 is 1.50 bits per heavy atom. The zero-order chi connectivity index (χ0) is 9.45. The second-order valence-electron chi connectivity index (χ2n) is 3.74. The first-order valence-electron chi connectivity index (χ1n) is 5.41. The Balaban J connectivity index is 3.45. The quantitative estimate of drug-likeness (QED) is 0.443. The fourth-order valence-electron chi connectivity index (χ4n) is 1.48. The van der Waals surface area contributed by atoms with Crippen LogP contribution in [0.1, 0.15) is 65.7 Å². The average molecular weight is 188 g/mol. The molecule has 74 valence electrons. The molecule has 0 rings (SSSR count). The Kier molecular flexibility index (Phi) is 7.02. The summed E-state index contributed by atoms with van der Waals surface area (Å²) < 4.78 is 0.327. The summed E-state index contributed by atoms with van der Waals surface area (Å²) in [7, 11) is 0. The van der Waals surface area contributed by atoms with Gasteiger partial charge in [-0.3, -0.25) is 0 Å². The second kappa shape index (κ2) is 6.82. The molecule has 0 aromatic heterocycles. The van der Waals surface area contributed by atoms with E-state index in [0.717, 1.165) is 0 Å². The van der Waals surface area contributed by atoms with Gasteiger partial charge in [0.15, 0.2) is 0 Å². The van der Waals surface area contributed by atoms with Gasteiger partial charge >= 0.3 is 0 Å². The molecule has 0 radical (unpaired) electrons. The molecule has 0 saturated carbocycles. The van der Waals surface area contributed by atoms with Crippen molar-refractivity contribution in [1.29, 1.82) is 0 Å². The topological polar surface area (TPSA) is 0 Å². The molecule has 1 heteroatoms. The molecule has 0 aromatic carbocycles. The molecule has 0 aromatic rings. The molecule has 0 unspecified atom stereocenters. The first-order chi connectivity index (χ1) is 5.68. The molecule has 0 N–H and O–H groups in total. The van der Waals surface area contributed by atoms with Crippen LogP contribution in [0.5, 0.6) is 0 Å². The van der Waals surface area contributed by atoms with E-state index in [4.69, 9.17) is 12.6 Å². The molecule has 0 amide bonds. The summed E-state index contributed by atoms with van der Waals surface area (Å²) in [5.41, 5.74) is 0. The number of hydrogen-bond acceptors (Lipinski definition) is 1. The Hall–Kier alpha value is 0.350. The van der Waals surface area contributed by atoms with E-state index in [2.05, 4.69) is 20.8 Å². The molecule has 0 aliphatic carbocycles. The summed E-state index contributed by atoms with van der Waals surface area (Å²) in [6.07, 6.45) is 9.17. The Morgan fingerprint density at radius 3 is 1.92 bits per heavy atom. The van der Waals surface area contributed by atoms with Crippen LogP contribution in [0.2, 0.25) is 0 Å². The molecule has 0 aliphatic heterocycles. The molecule has 0 bridgehead atoms. The lowest BCUT2D eigenvalue weighted by Gasteiger charge is -2.25. The van der Waals surface area contributed by atoms with Crippen LogP contribution >= 0.6 is 12.6 Å². The van der Waals surface area contributed by atoms with E-state index >= 15 is 0 Å². The number of unbranched alkanes of at least 4 members (excludes halogenated alkanes) is 3. The van der Waals surface area contributed by atoms with Crippen molar-refractivity contribution >= 4 is 12.6 Å². The normalized spacial score (nSPS) is 12.0. The second-order valence-corrected chi connectivity index (χ2v) is 4.69. The van der Waals surface area contributed by atoms with Gasteiger partial charge in [-0.05, 0) is 19.3 Å². The van der Waals surface area contributed by atoms with Gasteiger partial charge in [-0.2, -0.15) is 12.6 Å². The van der Waals surface area contributed by atoms with Crippen molar-refractivity contribution in [1.82, 2.24) is 0 Å². The fraction of sp³-hybridized carbons (Fsp3) is 1.00. The van der Waals surface area contributed by atoms with Crippen LogP contribution in [0.3, 0.4) is 0 Å². The molecule has 12 heavy (non-hydrogen) atoms. The smallest absolute Gasteiger partial charge is 0.0124 e. The van der Waals surface area contributed by atoms with Crippen molar-refractivity contribution < 1.29 is 0 Å². The van der Waals surface area contributed by atoms with Crippen LogP contribution in [-0.2, 0) is 0 Å². The van der Waals surface area contributed by atoms with Crippen molar-refractivity contribution in [3.05, 3.63) is 0 Å². The SMILES string of the molecule is CCCCCCC(S)(CC)CC. The molecular weight excluding hydrogens is 164 g/mol. The lowest BCUT2D eigenvalue weighted by Crippen LogP contribution is -2.18. The lowest BCUT2D eigenvalue weighted by atomic mass is 9.95. The van der Waals surface area contributed by atoms with Crippen LogP contribution < -0.4 is 0 Å². The summed E-state index contributed by atoms with van der Waals surface area (Å²) in [6, 6.07) is 0. The van der Waals surface area contributed by atoms with Gasteiger partial charge in [-0.15, -0.1) is 0 Å². The maximum atomic E-state index is 4.72. The van der Waals surface area contributed by atoms with Gasteiger partial charge in [0, 0.05) is 4.75 Å². The standard InChI is InChI=1S/C11H24S/c1-4-7-8-9-10-11(12,5-2)6-3/h12H,4-10H2,1-3H3. The lowest BCUT2D eigenvalue weighted by molar-refractivity contribution is 0.477. The third-order valence-corrected chi connectivity index (χ3v) is 3.67. The summed E-state index contributed by atoms with van der Waals surface area (Å²) in [6.45, 7) is 6.75. The highest BCUT2D eigenvalue weighted by Crippen LogP contribution is 2.29. The number of hydrogen-bond donors (Lipinski definition) is 1. The Labute approximate surface area is 83.5 Å². The zero-order valence-electron chi connectivity index (χ0n) is 8.90. The maximum Gasteiger partial charge on any atom is 0.0124 e. The van der Waals surface area contributed by atoms with Gasteiger partial charge in [-0.1, -0.05) is 46.5 Å². The minimum Gasteiger partial charge on any atom is -0.173 e. The van der Waals surface area contributed by atoms with Crippen LogP contribution in [0.15, 0.2) is 0 Å². The Bertz CT molecular complexity index is 95.2. The zero-order valence-corrected chi connectivity index (χ0v) is 9.79. The van der Waals surface area contributed by atoms with Gasteiger partial charge in [-0.25, -0.2) is 0 Å². The van der Waals surface area contributed by atoms with Crippen molar-refractivity contribution in [3.8, 4) is 0 Å². The molecule has 0 atom stereocenters. The fourth-order valence-corrected chi connectivity index (χ4v) is 1.64. The van der Waals surface area contributed by atoms with E-state index in [1.54, 1.807) is 0 Å². The van der Waals surface area contributed by atoms with E-state index < -0.39 is 0 Å². The predicted molar refractivity (Wildman–Crippen MR) is 61.1 cm³/mol. The van der Waals surface area contributed by atoms with Gasteiger partial charge in [0.05, 0.1) is 0 Å². The van der Waals surface area contributed by atoms with Crippen LogP contribution in [0.4, 0.5) is 0 Å². The molecule has 0 nitrogen and oxygen atoms in total. The highest BCUT2D eigenvalue weighted by molar-refractivity contribution is 7.81. The highest BCUT2D eigenvalue weighted by atomic mass is 32.1. The summed E-state index contributed by atoms with van der Waals surface area (Å²) >= 11 is 4.72. The summed E-state index contributed by atoms with van der Waals surface area (Å²) in [4.78, 5) is 0. The first kappa shape index (κ1) is 12.3. The van der Waals surface area contributed by atoms with Gasteiger partial charge in [0.1, 0.15) is 0 Å². The monoisotopic (exact) mass is 188 g/mol. The molecule has 0 saturated heterocycles. The average Bonchev–Trinajstić information content (AvgIpc) is 2.12. The molecule has 0 spiro atoms. The molecular formula is C11H24S. The summed E-state index contributed by atoms with van der Waals surface area (Å²) in [5, 5.41) is 0. The van der Waals surface area contributed by atoms with Crippen molar-refractivity contribution in [2.75, 3.05) is 0 Å². The van der Waals surface area contributed by atoms with Crippen LogP contribution in [0, 0.1) is 0 Å². The molecule has 0 aliphatic rings. The third-order valence-electron chi connectivity index (χ3n) is 2.81. The number of thiol groups is 1. The van der Waals surface area contributed by atoms with Crippen molar-refractivity contribution in [2.24, 2.45) is 0 Å². The Morgan fingerprint density at radius 1 is 0.917 bits per heavy atom. The number of rotatable bonds is 7. The van der Waals surface area contributed by atoms with E-state index in [1.165, 1.54) is 44.9 Å². The van der Waals surface area contributed by atoms with E-state index in [0.29, 0.717) is 4.75 Å². The van der Waals surface area contributed by atoms with Gasteiger partial charge in [0.2, 0.25) is 0 Å². The largest absolute Gasteiger partial charge is 0.173 e. The van der Waals surface area contributed by atoms with Gasteiger partial charge < -0.3 is 0 Å².